The molecule has 3 fully saturated rings. The molecule has 2 saturated heterocycles. The maximum Gasteiger partial charge on any atom is 0.0751 e. The number of ether oxygens (including phenoxy) is 3. The summed E-state index contributed by atoms with van der Waals surface area (Å²) in [6.45, 7) is 4.24. The SMILES string of the molecule is NCC1CCCC1COC1CCOC2(CCOCC2)C1. The molecule has 2 N–H and O–H groups in total. The first kappa shape index (κ1) is 14.8. The Hall–Kier alpha value is -0.160. The molecule has 4 heteroatoms. The zero-order chi connectivity index (χ0) is 13.8. The van der Waals surface area contributed by atoms with Crippen LogP contribution >= 0.6 is 0 Å². The molecule has 3 atom stereocenters. The molecular formula is C16H29NO3. The van der Waals surface area contributed by atoms with Crippen LogP contribution in [0.25, 0.3) is 0 Å². The summed E-state index contributed by atoms with van der Waals surface area (Å²) in [5, 5.41) is 0. The maximum absolute atomic E-state index is 6.25. The lowest BCUT2D eigenvalue weighted by Gasteiger charge is -2.43. The second kappa shape index (κ2) is 6.73. The van der Waals surface area contributed by atoms with E-state index in [-0.39, 0.29) is 5.60 Å². The highest BCUT2D eigenvalue weighted by molar-refractivity contribution is 4.90. The van der Waals surface area contributed by atoms with Crippen LogP contribution in [0, 0.1) is 11.8 Å². The van der Waals surface area contributed by atoms with Crippen LogP contribution in [0.2, 0.25) is 0 Å². The summed E-state index contributed by atoms with van der Waals surface area (Å²) < 4.78 is 17.8. The molecule has 2 heterocycles. The van der Waals surface area contributed by atoms with Gasteiger partial charge in [-0.2, -0.15) is 0 Å². The highest BCUT2D eigenvalue weighted by atomic mass is 16.5. The summed E-state index contributed by atoms with van der Waals surface area (Å²) in [4.78, 5) is 0. The van der Waals surface area contributed by atoms with Crippen molar-refractivity contribution in [1.82, 2.24) is 0 Å². The zero-order valence-electron chi connectivity index (χ0n) is 12.5. The van der Waals surface area contributed by atoms with E-state index in [0.29, 0.717) is 17.9 Å². The molecular weight excluding hydrogens is 254 g/mol. The molecule has 0 aromatic rings. The third kappa shape index (κ3) is 3.35. The highest BCUT2D eigenvalue weighted by Gasteiger charge is 2.39. The summed E-state index contributed by atoms with van der Waals surface area (Å²) in [6.07, 6.45) is 8.44. The lowest BCUT2D eigenvalue weighted by molar-refractivity contribution is -0.172. The van der Waals surface area contributed by atoms with Gasteiger partial charge in [-0.05, 0) is 50.5 Å². The Kier molecular flexibility index (Phi) is 4.97. The van der Waals surface area contributed by atoms with Gasteiger partial charge in [0.05, 0.1) is 18.3 Å². The average molecular weight is 283 g/mol. The van der Waals surface area contributed by atoms with Crippen molar-refractivity contribution in [2.45, 2.75) is 56.7 Å². The summed E-state index contributed by atoms with van der Waals surface area (Å²) in [7, 11) is 0. The van der Waals surface area contributed by atoms with E-state index in [1.807, 2.05) is 0 Å². The molecule has 0 amide bonds. The van der Waals surface area contributed by atoms with Crippen molar-refractivity contribution in [3.63, 3.8) is 0 Å². The fourth-order valence-electron chi connectivity index (χ4n) is 4.12. The standard InChI is InChI=1S/C16H29NO3/c17-11-13-2-1-3-14(13)12-19-15-4-7-20-16(10-15)5-8-18-9-6-16/h13-15H,1-12,17H2. The maximum atomic E-state index is 6.25. The molecule has 20 heavy (non-hydrogen) atoms. The van der Waals surface area contributed by atoms with E-state index >= 15 is 0 Å². The Bertz CT molecular complexity index is 299. The average Bonchev–Trinajstić information content (AvgIpc) is 2.93. The van der Waals surface area contributed by atoms with Gasteiger partial charge >= 0.3 is 0 Å². The molecule has 116 valence electrons. The van der Waals surface area contributed by atoms with Gasteiger partial charge in [0, 0.05) is 26.2 Å². The van der Waals surface area contributed by atoms with Gasteiger partial charge in [0.1, 0.15) is 0 Å². The number of hydrogen-bond acceptors (Lipinski definition) is 4. The number of hydrogen-bond donors (Lipinski definition) is 1. The van der Waals surface area contributed by atoms with E-state index in [1.165, 1.54) is 19.3 Å². The van der Waals surface area contributed by atoms with Crippen molar-refractivity contribution in [1.29, 1.82) is 0 Å². The summed E-state index contributed by atoms with van der Waals surface area (Å²) in [6, 6.07) is 0. The van der Waals surface area contributed by atoms with Gasteiger partial charge in [-0.25, -0.2) is 0 Å². The summed E-state index contributed by atoms with van der Waals surface area (Å²) >= 11 is 0. The molecule has 3 aliphatic rings. The predicted molar refractivity (Wildman–Crippen MR) is 77.6 cm³/mol. The van der Waals surface area contributed by atoms with Crippen LogP contribution < -0.4 is 5.73 Å². The molecule has 0 bridgehead atoms. The molecule has 0 aromatic carbocycles. The van der Waals surface area contributed by atoms with E-state index in [4.69, 9.17) is 19.9 Å². The molecule has 4 nitrogen and oxygen atoms in total. The Morgan fingerprint density at radius 1 is 1.05 bits per heavy atom. The molecule has 1 spiro atoms. The summed E-state index contributed by atoms with van der Waals surface area (Å²) in [5.41, 5.74) is 5.90. The minimum atomic E-state index is 0.0457. The van der Waals surface area contributed by atoms with Crippen LogP contribution in [-0.4, -0.2) is 44.7 Å². The number of rotatable bonds is 4. The second-order valence-corrected chi connectivity index (χ2v) is 6.78. The van der Waals surface area contributed by atoms with Gasteiger partial charge in [0.2, 0.25) is 0 Å². The largest absolute Gasteiger partial charge is 0.381 e. The monoisotopic (exact) mass is 283 g/mol. The van der Waals surface area contributed by atoms with Gasteiger partial charge in [-0.15, -0.1) is 0 Å². The molecule has 1 aliphatic carbocycles. The summed E-state index contributed by atoms with van der Waals surface area (Å²) in [5.74, 6) is 1.38. The van der Waals surface area contributed by atoms with Crippen molar-refractivity contribution in [2.24, 2.45) is 17.6 Å². The van der Waals surface area contributed by atoms with Crippen molar-refractivity contribution >= 4 is 0 Å². The normalized spacial score (nSPS) is 37.4. The van der Waals surface area contributed by atoms with Gasteiger partial charge in [-0.1, -0.05) is 6.42 Å². The minimum Gasteiger partial charge on any atom is -0.381 e. The fourth-order valence-corrected chi connectivity index (χ4v) is 4.12. The van der Waals surface area contributed by atoms with Gasteiger partial charge < -0.3 is 19.9 Å². The predicted octanol–water partition coefficient (Wildman–Crippen LogP) is 2.11. The van der Waals surface area contributed by atoms with Crippen LogP contribution in [0.15, 0.2) is 0 Å². The first-order valence-corrected chi connectivity index (χ1v) is 8.35. The van der Waals surface area contributed by atoms with E-state index in [2.05, 4.69) is 0 Å². The molecule has 3 unspecified atom stereocenters. The highest BCUT2D eigenvalue weighted by Crippen LogP contribution is 2.36. The van der Waals surface area contributed by atoms with Gasteiger partial charge in [-0.3, -0.25) is 0 Å². The van der Waals surface area contributed by atoms with Crippen LogP contribution in [0.5, 0.6) is 0 Å². The molecule has 2 aliphatic heterocycles. The van der Waals surface area contributed by atoms with Crippen LogP contribution in [0.3, 0.4) is 0 Å². The molecule has 3 rings (SSSR count). The lowest BCUT2D eigenvalue weighted by atomic mass is 9.85. The van der Waals surface area contributed by atoms with E-state index in [9.17, 15) is 0 Å². The van der Waals surface area contributed by atoms with Crippen molar-refractivity contribution in [3.05, 3.63) is 0 Å². The second-order valence-electron chi connectivity index (χ2n) is 6.78. The van der Waals surface area contributed by atoms with Gasteiger partial charge in [0.15, 0.2) is 0 Å². The third-order valence-electron chi connectivity index (χ3n) is 5.52. The third-order valence-corrected chi connectivity index (χ3v) is 5.52. The zero-order valence-corrected chi connectivity index (χ0v) is 12.5. The lowest BCUT2D eigenvalue weighted by Crippen LogP contribution is -2.46. The van der Waals surface area contributed by atoms with Crippen molar-refractivity contribution < 1.29 is 14.2 Å². The molecule has 0 radical (unpaired) electrons. The minimum absolute atomic E-state index is 0.0457. The first-order valence-electron chi connectivity index (χ1n) is 8.35. The van der Waals surface area contributed by atoms with Crippen LogP contribution in [0.1, 0.15) is 44.9 Å². The molecule has 1 saturated carbocycles. The van der Waals surface area contributed by atoms with Gasteiger partial charge in [0.25, 0.3) is 0 Å². The Morgan fingerprint density at radius 3 is 2.65 bits per heavy atom. The Balaban J connectivity index is 1.47. The first-order chi connectivity index (χ1) is 9.81. The van der Waals surface area contributed by atoms with E-state index < -0.39 is 0 Å². The molecule has 0 aromatic heterocycles. The van der Waals surface area contributed by atoms with E-state index in [1.54, 1.807) is 0 Å². The quantitative estimate of drug-likeness (QED) is 0.858. The fraction of sp³-hybridized carbons (Fsp3) is 1.00. The van der Waals surface area contributed by atoms with Crippen LogP contribution in [0.4, 0.5) is 0 Å². The number of nitrogens with two attached hydrogens (primary N) is 1. The van der Waals surface area contributed by atoms with E-state index in [0.717, 1.165) is 58.7 Å². The van der Waals surface area contributed by atoms with Crippen LogP contribution in [-0.2, 0) is 14.2 Å². The topological polar surface area (TPSA) is 53.7 Å². The van der Waals surface area contributed by atoms with Crippen molar-refractivity contribution in [3.8, 4) is 0 Å². The van der Waals surface area contributed by atoms with Crippen molar-refractivity contribution in [2.75, 3.05) is 33.0 Å². The Morgan fingerprint density at radius 2 is 1.85 bits per heavy atom. The Labute approximate surface area is 122 Å². The smallest absolute Gasteiger partial charge is 0.0751 e.